The summed E-state index contributed by atoms with van der Waals surface area (Å²) in [6.45, 7) is 5.41. The van der Waals surface area contributed by atoms with E-state index in [-0.39, 0.29) is 10.8 Å². The maximum Gasteiger partial charge on any atom is 0.255 e. The third-order valence-corrected chi connectivity index (χ3v) is 7.59. The molecule has 0 aliphatic carbocycles. The lowest BCUT2D eigenvalue weighted by Gasteiger charge is -2.34. The molecule has 0 unspecified atom stereocenters. The Morgan fingerprint density at radius 1 is 0.935 bits per heavy atom. The van der Waals surface area contributed by atoms with Crippen LogP contribution in [0.25, 0.3) is 0 Å². The maximum atomic E-state index is 12.9. The van der Waals surface area contributed by atoms with E-state index in [0.717, 1.165) is 31.9 Å². The van der Waals surface area contributed by atoms with Gasteiger partial charge in [-0.15, -0.1) is 0 Å². The minimum atomic E-state index is -3.65. The summed E-state index contributed by atoms with van der Waals surface area (Å²) in [4.78, 5) is 17.5. The fourth-order valence-electron chi connectivity index (χ4n) is 3.76. The molecule has 0 saturated carbocycles. The number of carbonyl (C=O) groups excluding carboxylic acids is 1. The van der Waals surface area contributed by atoms with Crippen LogP contribution in [0.4, 0.5) is 11.4 Å². The second-order valence-corrected chi connectivity index (χ2v) is 9.77. The Hall–Kier alpha value is -2.46. The molecule has 2 saturated heterocycles. The van der Waals surface area contributed by atoms with Crippen molar-refractivity contribution in [1.82, 2.24) is 9.21 Å². The van der Waals surface area contributed by atoms with Gasteiger partial charge in [-0.1, -0.05) is 6.07 Å². The molecule has 1 amide bonds. The molecule has 166 valence electrons. The lowest BCUT2D eigenvalue weighted by atomic mass is 10.2. The van der Waals surface area contributed by atoms with Crippen LogP contribution in [0.15, 0.2) is 53.4 Å². The van der Waals surface area contributed by atoms with Gasteiger partial charge in [-0.05, 0) is 49.5 Å². The highest BCUT2D eigenvalue weighted by atomic mass is 32.2. The Balaban J connectivity index is 1.43. The van der Waals surface area contributed by atoms with Crippen LogP contribution in [0.2, 0.25) is 0 Å². The van der Waals surface area contributed by atoms with Crippen LogP contribution < -0.4 is 10.2 Å². The summed E-state index contributed by atoms with van der Waals surface area (Å²) in [7, 11) is -1.53. The number of hydrogen-bond acceptors (Lipinski definition) is 6. The molecule has 8 nitrogen and oxygen atoms in total. The van der Waals surface area contributed by atoms with Crippen molar-refractivity contribution in [2.24, 2.45) is 0 Å². The van der Waals surface area contributed by atoms with Crippen LogP contribution in [0.5, 0.6) is 0 Å². The van der Waals surface area contributed by atoms with Gasteiger partial charge in [0.2, 0.25) is 10.0 Å². The summed E-state index contributed by atoms with van der Waals surface area (Å²) in [6.07, 6.45) is 0. The quantitative estimate of drug-likeness (QED) is 0.756. The largest absolute Gasteiger partial charge is 0.379 e. The number of benzene rings is 2. The molecule has 31 heavy (non-hydrogen) atoms. The topological polar surface area (TPSA) is 82.2 Å². The number of anilines is 2. The molecule has 4 rings (SSSR count). The van der Waals surface area contributed by atoms with Crippen molar-refractivity contribution in [2.45, 2.75) is 4.90 Å². The molecule has 0 aromatic heterocycles. The predicted octanol–water partition coefficient (Wildman–Crippen LogP) is 1.71. The van der Waals surface area contributed by atoms with Gasteiger partial charge in [0.1, 0.15) is 0 Å². The Kier molecular flexibility index (Phi) is 6.57. The van der Waals surface area contributed by atoms with Crippen LogP contribution in [0.3, 0.4) is 0 Å². The average Bonchev–Trinajstić information content (AvgIpc) is 2.81. The zero-order chi connectivity index (χ0) is 21.8. The van der Waals surface area contributed by atoms with Gasteiger partial charge >= 0.3 is 0 Å². The minimum Gasteiger partial charge on any atom is -0.379 e. The normalized spacial score (nSPS) is 18.7. The number of ether oxygens (including phenoxy) is 1. The zero-order valence-corrected chi connectivity index (χ0v) is 18.5. The van der Waals surface area contributed by atoms with E-state index in [1.807, 2.05) is 24.3 Å². The standard InChI is InChI=1S/C22H28N4O4S/c1-24-9-11-25(12-10-24)20-7-5-19(6-8-20)23-22(27)18-3-2-4-21(17-18)31(28,29)26-13-15-30-16-14-26/h2-8,17H,9-16H2,1H3,(H,23,27). The number of morpholine rings is 1. The summed E-state index contributed by atoms with van der Waals surface area (Å²) >= 11 is 0. The van der Waals surface area contributed by atoms with Crippen LogP contribution >= 0.6 is 0 Å². The molecular weight excluding hydrogens is 416 g/mol. The Morgan fingerprint density at radius 3 is 2.29 bits per heavy atom. The van der Waals surface area contributed by atoms with Crippen molar-refractivity contribution in [3.63, 3.8) is 0 Å². The molecule has 2 heterocycles. The number of amides is 1. The Labute approximate surface area is 183 Å². The molecule has 2 aromatic carbocycles. The maximum absolute atomic E-state index is 12.9. The first kappa shape index (κ1) is 21.8. The number of nitrogens with zero attached hydrogens (tertiary/aromatic N) is 3. The molecule has 0 bridgehead atoms. The third kappa shape index (κ3) is 5.07. The second-order valence-electron chi connectivity index (χ2n) is 7.84. The van der Waals surface area contributed by atoms with Crippen molar-refractivity contribution < 1.29 is 17.9 Å². The van der Waals surface area contributed by atoms with Gasteiger partial charge in [-0.2, -0.15) is 4.31 Å². The number of rotatable bonds is 5. The molecule has 1 N–H and O–H groups in total. The number of nitrogens with one attached hydrogen (secondary N) is 1. The number of piperazine rings is 1. The minimum absolute atomic E-state index is 0.118. The molecular formula is C22H28N4O4S. The van der Waals surface area contributed by atoms with Crippen molar-refractivity contribution in [2.75, 3.05) is 69.7 Å². The molecule has 2 fully saturated rings. The van der Waals surface area contributed by atoms with E-state index in [0.29, 0.717) is 37.6 Å². The third-order valence-electron chi connectivity index (χ3n) is 5.70. The van der Waals surface area contributed by atoms with E-state index in [1.54, 1.807) is 12.1 Å². The molecule has 0 radical (unpaired) electrons. The zero-order valence-electron chi connectivity index (χ0n) is 17.7. The van der Waals surface area contributed by atoms with Crippen molar-refractivity contribution in [3.05, 3.63) is 54.1 Å². The number of sulfonamides is 1. The van der Waals surface area contributed by atoms with Crippen LogP contribution in [-0.4, -0.2) is 83.1 Å². The van der Waals surface area contributed by atoms with Crippen LogP contribution in [0, 0.1) is 0 Å². The highest BCUT2D eigenvalue weighted by molar-refractivity contribution is 7.89. The first-order chi connectivity index (χ1) is 14.9. The van der Waals surface area contributed by atoms with Gasteiger partial charge in [-0.3, -0.25) is 4.79 Å². The van der Waals surface area contributed by atoms with E-state index in [4.69, 9.17) is 4.74 Å². The predicted molar refractivity (Wildman–Crippen MR) is 120 cm³/mol. The van der Waals surface area contributed by atoms with E-state index < -0.39 is 10.0 Å². The number of carbonyl (C=O) groups is 1. The monoisotopic (exact) mass is 444 g/mol. The van der Waals surface area contributed by atoms with Crippen molar-refractivity contribution >= 4 is 27.3 Å². The fraction of sp³-hybridized carbons (Fsp3) is 0.409. The first-order valence-electron chi connectivity index (χ1n) is 10.5. The summed E-state index contributed by atoms with van der Waals surface area (Å²) < 4.78 is 32.3. The summed E-state index contributed by atoms with van der Waals surface area (Å²) in [5.41, 5.74) is 2.10. The molecule has 2 aromatic rings. The summed E-state index contributed by atoms with van der Waals surface area (Å²) in [5.74, 6) is -0.341. The highest BCUT2D eigenvalue weighted by Gasteiger charge is 2.27. The van der Waals surface area contributed by atoms with Crippen molar-refractivity contribution in [1.29, 1.82) is 0 Å². The lowest BCUT2D eigenvalue weighted by Crippen LogP contribution is -2.44. The summed E-state index contributed by atoms with van der Waals surface area (Å²) in [5, 5.41) is 2.86. The molecule has 0 atom stereocenters. The molecule has 9 heteroatoms. The SMILES string of the molecule is CN1CCN(c2ccc(NC(=O)c3cccc(S(=O)(=O)N4CCOCC4)c3)cc2)CC1. The van der Waals surface area contributed by atoms with Crippen molar-refractivity contribution in [3.8, 4) is 0 Å². The number of hydrogen-bond donors (Lipinski definition) is 1. The number of likely N-dealkylation sites (N-methyl/N-ethyl adjacent to an activating group) is 1. The molecule has 0 spiro atoms. The Bertz CT molecular complexity index is 1010. The average molecular weight is 445 g/mol. The summed E-state index contributed by atoms with van der Waals surface area (Å²) in [6, 6.07) is 13.9. The van der Waals surface area contributed by atoms with E-state index in [1.165, 1.54) is 16.4 Å². The highest BCUT2D eigenvalue weighted by Crippen LogP contribution is 2.21. The van der Waals surface area contributed by atoms with E-state index >= 15 is 0 Å². The van der Waals surface area contributed by atoms with Crippen LogP contribution in [-0.2, 0) is 14.8 Å². The van der Waals surface area contributed by atoms with E-state index in [2.05, 4.69) is 22.2 Å². The lowest BCUT2D eigenvalue weighted by molar-refractivity contribution is 0.0730. The van der Waals surface area contributed by atoms with Gasteiger partial charge < -0.3 is 19.9 Å². The Morgan fingerprint density at radius 2 is 1.61 bits per heavy atom. The van der Waals surface area contributed by atoms with Gasteiger partial charge in [0.05, 0.1) is 18.1 Å². The second kappa shape index (κ2) is 9.35. The molecule has 2 aliphatic heterocycles. The fourth-order valence-corrected chi connectivity index (χ4v) is 5.21. The van der Waals surface area contributed by atoms with E-state index in [9.17, 15) is 13.2 Å². The van der Waals surface area contributed by atoms with Gasteiger partial charge in [0, 0.05) is 56.2 Å². The first-order valence-corrected chi connectivity index (χ1v) is 11.9. The van der Waals surface area contributed by atoms with Gasteiger partial charge in [0.25, 0.3) is 5.91 Å². The van der Waals surface area contributed by atoms with Gasteiger partial charge in [0.15, 0.2) is 0 Å². The van der Waals surface area contributed by atoms with Crippen LogP contribution in [0.1, 0.15) is 10.4 Å². The smallest absolute Gasteiger partial charge is 0.255 e. The van der Waals surface area contributed by atoms with Gasteiger partial charge in [-0.25, -0.2) is 8.42 Å². The molecule has 2 aliphatic rings.